The Morgan fingerprint density at radius 2 is 2.41 bits per heavy atom. The zero-order chi connectivity index (χ0) is 12.3. The zero-order valence-electron chi connectivity index (χ0n) is 9.25. The maximum absolute atomic E-state index is 11.5. The average molecular weight is 236 g/mol. The summed E-state index contributed by atoms with van der Waals surface area (Å²) in [4.78, 5) is 19.6. The lowest BCUT2D eigenvalue weighted by Crippen LogP contribution is -2.18. The molecule has 0 amide bonds. The molecule has 0 unspecified atom stereocenters. The lowest BCUT2D eigenvalue weighted by atomic mass is 10.3. The van der Waals surface area contributed by atoms with Crippen LogP contribution in [0, 0.1) is 0 Å². The topological polar surface area (TPSA) is 89.3 Å². The fourth-order valence-electron chi connectivity index (χ4n) is 1.37. The molecule has 0 aliphatic heterocycles. The van der Waals surface area contributed by atoms with Crippen molar-refractivity contribution in [2.45, 2.75) is 0 Å². The summed E-state index contributed by atoms with van der Waals surface area (Å²) in [7, 11) is 1.60. The van der Waals surface area contributed by atoms with E-state index in [0.717, 1.165) is 0 Å². The summed E-state index contributed by atoms with van der Waals surface area (Å²) < 4.78 is 5.39. The molecule has 0 spiro atoms. The van der Waals surface area contributed by atoms with Gasteiger partial charge in [-0.25, -0.2) is 9.97 Å². The molecule has 17 heavy (non-hydrogen) atoms. The molecule has 0 saturated heterocycles. The zero-order valence-corrected chi connectivity index (χ0v) is 9.25. The number of hydrogen-bond donors (Lipinski definition) is 2. The largest absolute Gasteiger partial charge is 0.425 e. The van der Waals surface area contributed by atoms with Crippen LogP contribution in [0.25, 0.3) is 10.9 Å². The molecule has 0 aliphatic rings. The first-order valence-electron chi connectivity index (χ1n) is 5.03. The van der Waals surface area contributed by atoms with Crippen LogP contribution in [0.15, 0.2) is 23.3 Å². The van der Waals surface area contributed by atoms with Crippen LogP contribution < -0.4 is 10.9 Å². The van der Waals surface area contributed by atoms with Crippen LogP contribution in [0.4, 0.5) is 5.95 Å². The number of rotatable bonds is 4. The van der Waals surface area contributed by atoms with Crippen LogP contribution in [-0.4, -0.2) is 40.2 Å². The molecule has 2 aromatic heterocycles. The summed E-state index contributed by atoms with van der Waals surface area (Å²) in [5, 5.41) is 12.4. The van der Waals surface area contributed by atoms with Crippen molar-refractivity contribution in [2.75, 3.05) is 25.6 Å². The summed E-state index contributed by atoms with van der Waals surface area (Å²) >= 11 is 0. The molecule has 0 radical (unpaired) electrons. The monoisotopic (exact) mass is 236 g/mol. The molecule has 2 aromatic rings. The van der Waals surface area contributed by atoms with Gasteiger partial charge in [-0.1, -0.05) is 0 Å². The second kappa shape index (κ2) is 4.79. The van der Waals surface area contributed by atoms with Crippen molar-refractivity contribution in [3.8, 4) is 0 Å². The highest BCUT2D eigenvalue weighted by molar-refractivity contribution is 5.77. The summed E-state index contributed by atoms with van der Waals surface area (Å²) in [5.74, 6) is 0.421. The fraction of sp³-hybridized carbons (Fsp3) is 0.300. The van der Waals surface area contributed by atoms with Gasteiger partial charge < -0.3 is 15.3 Å². The number of aromatic nitrogens is 3. The van der Waals surface area contributed by atoms with Gasteiger partial charge in [-0.15, -0.1) is 0 Å². The van der Waals surface area contributed by atoms with E-state index in [1.54, 1.807) is 13.2 Å². The highest BCUT2D eigenvalue weighted by Crippen LogP contribution is 2.07. The van der Waals surface area contributed by atoms with Gasteiger partial charge in [0, 0.05) is 26.0 Å². The molecule has 0 bridgehead atoms. The summed E-state index contributed by atoms with van der Waals surface area (Å²) in [6.07, 6.45) is 2.63. The van der Waals surface area contributed by atoms with Gasteiger partial charge in [0.1, 0.15) is 0 Å². The number of methoxy groups -OCH3 is 1. The van der Waals surface area contributed by atoms with Gasteiger partial charge >= 0.3 is 0 Å². The summed E-state index contributed by atoms with van der Waals surface area (Å²) in [5.41, 5.74) is -0.0545. The van der Waals surface area contributed by atoms with Crippen molar-refractivity contribution in [1.82, 2.24) is 14.7 Å². The Hall–Kier alpha value is -2.15. The Kier molecular flexibility index (Phi) is 3.20. The molecule has 7 heteroatoms. The molecule has 2 heterocycles. The predicted octanol–water partition coefficient (Wildman–Crippen LogP) is 0.0871. The number of hydrogen-bond acceptors (Lipinski definition) is 6. The minimum Gasteiger partial charge on any atom is -0.425 e. The van der Waals surface area contributed by atoms with E-state index in [4.69, 9.17) is 4.74 Å². The highest BCUT2D eigenvalue weighted by Gasteiger charge is 2.04. The second-order valence-corrected chi connectivity index (χ2v) is 3.38. The van der Waals surface area contributed by atoms with E-state index in [-0.39, 0.29) is 5.39 Å². The molecular weight excluding hydrogens is 224 g/mol. The molecule has 0 aliphatic carbocycles. The van der Waals surface area contributed by atoms with Crippen LogP contribution in [-0.2, 0) is 4.74 Å². The molecule has 90 valence electrons. The minimum atomic E-state index is -0.536. The van der Waals surface area contributed by atoms with E-state index in [1.165, 1.54) is 12.4 Å². The van der Waals surface area contributed by atoms with E-state index >= 15 is 0 Å². The molecule has 0 fully saturated rings. The number of ether oxygens (including phenoxy) is 1. The Morgan fingerprint density at radius 1 is 1.59 bits per heavy atom. The van der Waals surface area contributed by atoms with Crippen LogP contribution in [0.1, 0.15) is 0 Å². The lowest BCUT2D eigenvalue weighted by Gasteiger charge is -2.04. The van der Waals surface area contributed by atoms with E-state index in [2.05, 4.69) is 15.3 Å². The van der Waals surface area contributed by atoms with Crippen molar-refractivity contribution < 1.29 is 9.94 Å². The van der Waals surface area contributed by atoms with Gasteiger partial charge in [0.25, 0.3) is 5.56 Å². The molecule has 0 aromatic carbocycles. The van der Waals surface area contributed by atoms with Crippen molar-refractivity contribution in [1.29, 1.82) is 0 Å². The van der Waals surface area contributed by atoms with E-state index in [1.807, 2.05) is 0 Å². The van der Waals surface area contributed by atoms with E-state index in [0.29, 0.717) is 29.3 Å². The van der Waals surface area contributed by atoms with Crippen molar-refractivity contribution in [3.63, 3.8) is 0 Å². The summed E-state index contributed by atoms with van der Waals surface area (Å²) in [6, 6.07) is 1.54. The maximum Gasteiger partial charge on any atom is 0.293 e. The van der Waals surface area contributed by atoms with Crippen LogP contribution in [0.3, 0.4) is 0 Å². The third-order valence-electron chi connectivity index (χ3n) is 2.22. The number of anilines is 1. The van der Waals surface area contributed by atoms with Crippen molar-refractivity contribution >= 4 is 16.9 Å². The Morgan fingerprint density at radius 3 is 3.18 bits per heavy atom. The fourth-order valence-corrected chi connectivity index (χ4v) is 1.37. The molecule has 0 atom stereocenters. The van der Waals surface area contributed by atoms with Gasteiger partial charge in [-0.2, -0.15) is 4.73 Å². The smallest absolute Gasteiger partial charge is 0.293 e. The lowest BCUT2D eigenvalue weighted by molar-refractivity contribution is 0.176. The van der Waals surface area contributed by atoms with E-state index < -0.39 is 5.56 Å². The van der Waals surface area contributed by atoms with Crippen LogP contribution >= 0.6 is 0 Å². The van der Waals surface area contributed by atoms with Gasteiger partial charge in [0.05, 0.1) is 17.5 Å². The van der Waals surface area contributed by atoms with Gasteiger partial charge in [0.2, 0.25) is 5.95 Å². The Balaban J connectivity index is 2.32. The normalized spacial score (nSPS) is 10.6. The van der Waals surface area contributed by atoms with Crippen molar-refractivity contribution in [3.05, 3.63) is 28.8 Å². The Bertz CT molecular complexity index is 581. The molecule has 2 N–H and O–H groups in total. The molecular formula is C10H12N4O3. The van der Waals surface area contributed by atoms with Gasteiger partial charge in [-0.3, -0.25) is 4.79 Å². The highest BCUT2D eigenvalue weighted by atomic mass is 16.5. The average Bonchev–Trinajstić information content (AvgIpc) is 2.34. The number of fused-ring (bicyclic) bond motifs is 1. The standard InChI is InChI=1S/C10H12N4O3/c1-17-5-3-11-10-12-6-7-8(13-10)2-4-14(16)9(7)15/h2,4,6,16H,3,5H2,1H3,(H,11,12,13). The molecule has 7 nitrogen and oxygen atoms in total. The number of nitrogens with zero attached hydrogens (tertiary/aromatic N) is 3. The van der Waals surface area contributed by atoms with Crippen molar-refractivity contribution in [2.24, 2.45) is 0 Å². The van der Waals surface area contributed by atoms with Gasteiger partial charge in [0.15, 0.2) is 0 Å². The third-order valence-corrected chi connectivity index (χ3v) is 2.22. The molecule has 0 saturated carbocycles. The van der Waals surface area contributed by atoms with Crippen LogP contribution in [0.5, 0.6) is 0 Å². The van der Waals surface area contributed by atoms with Crippen LogP contribution in [0.2, 0.25) is 0 Å². The Labute approximate surface area is 96.7 Å². The first-order valence-corrected chi connectivity index (χ1v) is 5.03. The SMILES string of the molecule is COCCNc1ncc2c(=O)n(O)ccc2n1. The number of pyridine rings is 1. The number of nitrogens with one attached hydrogen (secondary N) is 1. The quantitative estimate of drug-likeness (QED) is 0.577. The third kappa shape index (κ3) is 2.34. The second-order valence-electron chi connectivity index (χ2n) is 3.38. The van der Waals surface area contributed by atoms with E-state index in [9.17, 15) is 10.0 Å². The first kappa shape index (κ1) is 11.3. The minimum absolute atomic E-state index is 0.271. The summed E-state index contributed by atoms with van der Waals surface area (Å²) in [6.45, 7) is 1.12. The maximum atomic E-state index is 11.5. The molecule has 2 rings (SSSR count). The van der Waals surface area contributed by atoms with Gasteiger partial charge in [-0.05, 0) is 6.07 Å². The first-order chi connectivity index (χ1) is 8.22. The predicted molar refractivity (Wildman–Crippen MR) is 61.3 cm³/mol.